The van der Waals surface area contributed by atoms with E-state index in [1.54, 1.807) is 0 Å². The Morgan fingerprint density at radius 3 is 2.60 bits per heavy atom. The molecule has 1 saturated carbocycles. The van der Waals surface area contributed by atoms with Crippen LogP contribution < -0.4 is 11.1 Å². The van der Waals surface area contributed by atoms with E-state index in [1.165, 1.54) is 0 Å². The molecule has 0 radical (unpaired) electrons. The Morgan fingerprint density at radius 1 is 1.45 bits per heavy atom. The molecule has 0 aliphatic heterocycles. The van der Waals surface area contributed by atoms with Gasteiger partial charge in [-0.05, 0) is 31.1 Å². The van der Waals surface area contributed by atoms with Crippen molar-refractivity contribution in [2.24, 2.45) is 17.6 Å². The molecule has 1 fully saturated rings. The summed E-state index contributed by atoms with van der Waals surface area (Å²) in [7, 11) is 0. The van der Waals surface area contributed by atoms with Crippen molar-refractivity contribution in [3.63, 3.8) is 0 Å². The molecule has 0 heterocycles. The minimum absolute atomic E-state index is 0.0875. The van der Waals surface area contributed by atoms with Crippen LogP contribution in [0.3, 0.4) is 0 Å². The molecule has 20 heavy (non-hydrogen) atoms. The fraction of sp³-hybridized carbons (Fsp3) is 0.786. The van der Waals surface area contributed by atoms with Crippen molar-refractivity contribution >= 4 is 17.6 Å². The number of hydrogen-bond donors (Lipinski definition) is 3. The number of primary amides is 1. The maximum Gasteiger partial charge on any atom is 0.249 e. The van der Waals surface area contributed by atoms with Crippen LogP contribution in [0.15, 0.2) is 0 Å². The molecule has 0 bridgehead atoms. The molecule has 0 aromatic heterocycles. The Balaban J connectivity index is 2.65. The van der Waals surface area contributed by atoms with E-state index in [4.69, 9.17) is 5.73 Å². The number of nitrogens with one attached hydrogen (secondary N) is 1. The summed E-state index contributed by atoms with van der Waals surface area (Å²) in [6.45, 7) is 3.78. The lowest BCUT2D eigenvalue weighted by atomic mass is 9.82. The quantitative estimate of drug-likeness (QED) is 0.643. The molecule has 1 aliphatic carbocycles. The average molecular weight is 284 g/mol. The molecule has 114 valence electrons. The van der Waals surface area contributed by atoms with Gasteiger partial charge in [-0.1, -0.05) is 13.8 Å². The predicted molar refractivity (Wildman–Crippen MR) is 73.6 cm³/mol. The van der Waals surface area contributed by atoms with E-state index in [9.17, 15) is 19.5 Å². The predicted octanol–water partition coefficient (Wildman–Crippen LogP) is 0.123. The van der Waals surface area contributed by atoms with Gasteiger partial charge in [0.25, 0.3) is 0 Å². The van der Waals surface area contributed by atoms with E-state index in [-0.39, 0.29) is 24.0 Å². The van der Waals surface area contributed by atoms with Crippen LogP contribution in [-0.2, 0) is 14.4 Å². The van der Waals surface area contributed by atoms with Gasteiger partial charge in [0.15, 0.2) is 0 Å². The zero-order valence-corrected chi connectivity index (χ0v) is 12.1. The highest BCUT2D eigenvalue weighted by Gasteiger charge is 2.33. The van der Waals surface area contributed by atoms with Crippen LogP contribution in [0.2, 0.25) is 0 Å². The van der Waals surface area contributed by atoms with Crippen molar-refractivity contribution in [2.75, 3.05) is 0 Å². The van der Waals surface area contributed by atoms with Crippen molar-refractivity contribution < 1.29 is 19.5 Å². The van der Waals surface area contributed by atoms with Crippen LogP contribution in [0.1, 0.15) is 46.0 Å². The molecule has 3 atom stereocenters. The number of carbonyl (C=O) groups is 3. The zero-order chi connectivity index (χ0) is 15.3. The van der Waals surface area contributed by atoms with Crippen LogP contribution in [0.4, 0.5) is 0 Å². The topological polar surface area (TPSA) is 109 Å². The van der Waals surface area contributed by atoms with E-state index >= 15 is 0 Å². The third kappa shape index (κ3) is 4.92. The molecule has 1 aliphatic rings. The first kappa shape index (κ1) is 16.6. The number of nitrogens with two attached hydrogens (primary N) is 1. The minimum Gasteiger partial charge on any atom is -0.383 e. The van der Waals surface area contributed by atoms with Crippen molar-refractivity contribution in [2.45, 2.75) is 58.1 Å². The molecular weight excluding hydrogens is 260 g/mol. The Kier molecular flexibility index (Phi) is 6.13. The molecule has 0 aromatic carbocycles. The maximum absolute atomic E-state index is 11.9. The Morgan fingerprint density at radius 2 is 2.10 bits per heavy atom. The van der Waals surface area contributed by atoms with Crippen molar-refractivity contribution in [3.05, 3.63) is 0 Å². The number of amides is 2. The molecule has 2 amide bonds. The van der Waals surface area contributed by atoms with E-state index in [1.807, 2.05) is 13.8 Å². The first-order valence-electron chi connectivity index (χ1n) is 7.10. The number of aliphatic hydroxyl groups excluding tert-OH is 1. The highest BCUT2D eigenvalue weighted by atomic mass is 16.3. The van der Waals surface area contributed by atoms with Gasteiger partial charge in [0.2, 0.25) is 11.8 Å². The summed E-state index contributed by atoms with van der Waals surface area (Å²) in [6, 6.07) is -0.881. The van der Waals surface area contributed by atoms with Crippen LogP contribution in [-0.4, -0.2) is 34.8 Å². The number of hydrogen-bond acceptors (Lipinski definition) is 4. The number of rotatable bonds is 6. The lowest BCUT2D eigenvalue weighted by Gasteiger charge is -2.28. The summed E-state index contributed by atoms with van der Waals surface area (Å²) >= 11 is 0. The van der Waals surface area contributed by atoms with Crippen LogP contribution >= 0.6 is 0 Å². The second-order valence-electron chi connectivity index (χ2n) is 5.93. The standard InChI is InChI=1S/C14H24N2O4/c1-8(2)6-11(18)14(20)16-12(13(15)19)9-4-3-5-10(17)7-9/h8-9,11-12,18H,3-7H2,1-2H3,(H2,15,19)(H,16,20)/t9-,11+,12-/m1/s1. The molecule has 0 saturated heterocycles. The van der Waals surface area contributed by atoms with Crippen molar-refractivity contribution in [1.82, 2.24) is 5.32 Å². The Bertz CT molecular complexity index is 381. The Hall–Kier alpha value is -1.43. The van der Waals surface area contributed by atoms with E-state index < -0.39 is 24.0 Å². The largest absolute Gasteiger partial charge is 0.383 e. The van der Waals surface area contributed by atoms with Gasteiger partial charge in [-0.2, -0.15) is 0 Å². The van der Waals surface area contributed by atoms with Crippen LogP contribution in [0.5, 0.6) is 0 Å². The van der Waals surface area contributed by atoms with Gasteiger partial charge in [-0.15, -0.1) is 0 Å². The second-order valence-corrected chi connectivity index (χ2v) is 5.93. The molecule has 0 spiro atoms. The third-order valence-electron chi connectivity index (χ3n) is 3.59. The van der Waals surface area contributed by atoms with Gasteiger partial charge in [0.05, 0.1) is 0 Å². The second kappa shape index (κ2) is 7.38. The van der Waals surface area contributed by atoms with Crippen LogP contribution in [0, 0.1) is 11.8 Å². The fourth-order valence-corrected chi connectivity index (χ4v) is 2.57. The van der Waals surface area contributed by atoms with Gasteiger partial charge in [0, 0.05) is 12.8 Å². The smallest absolute Gasteiger partial charge is 0.249 e. The number of Topliss-reactive ketones (excluding diaryl/α,β-unsaturated/α-hetero) is 1. The average Bonchev–Trinajstić information content (AvgIpc) is 2.34. The summed E-state index contributed by atoms with van der Waals surface area (Å²) in [4.78, 5) is 34.8. The first-order chi connectivity index (χ1) is 9.31. The summed E-state index contributed by atoms with van der Waals surface area (Å²) < 4.78 is 0. The molecule has 0 aromatic rings. The van der Waals surface area contributed by atoms with Gasteiger partial charge in [-0.3, -0.25) is 14.4 Å². The molecule has 6 nitrogen and oxygen atoms in total. The van der Waals surface area contributed by atoms with E-state index in [0.29, 0.717) is 25.7 Å². The summed E-state index contributed by atoms with van der Waals surface area (Å²) in [6.07, 6.45) is 1.33. The monoisotopic (exact) mass is 284 g/mol. The van der Waals surface area contributed by atoms with E-state index in [2.05, 4.69) is 5.32 Å². The number of carbonyl (C=O) groups excluding carboxylic acids is 3. The van der Waals surface area contributed by atoms with Gasteiger partial charge < -0.3 is 16.2 Å². The minimum atomic E-state index is -1.16. The van der Waals surface area contributed by atoms with Crippen molar-refractivity contribution in [3.8, 4) is 0 Å². The normalized spacial score (nSPS) is 22.4. The highest BCUT2D eigenvalue weighted by molar-refractivity contribution is 5.89. The molecule has 0 unspecified atom stereocenters. The lowest BCUT2D eigenvalue weighted by Crippen LogP contribution is -2.52. The first-order valence-corrected chi connectivity index (χ1v) is 7.10. The fourth-order valence-electron chi connectivity index (χ4n) is 2.57. The van der Waals surface area contributed by atoms with E-state index in [0.717, 1.165) is 0 Å². The van der Waals surface area contributed by atoms with Gasteiger partial charge >= 0.3 is 0 Å². The maximum atomic E-state index is 11.9. The lowest BCUT2D eigenvalue weighted by molar-refractivity contribution is -0.135. The zero-order valence-electron chi connectivity index (χ0n) is 12.1. The molecule has 1 rings (SSSR count). The van der Waals surface area contributed by atoms with Gasteiger partial charge in [0.1, 0.15) is 17.9 Å². The number of ketones is 1. The Labute approximate surface area is 119 Å². The molecule has 4 N–H and O–H groups in total. The third-order valence-corrected chi connectivity index (χ3v) is 3.59. The number of aliphatic hydroxyl groups is 1. The van der Waals surface area contributed by atoms with Crippen LogP contribution in [0.25, 0.3) is 0 Å². The summed E-state index contributed by atoms with van der Waals surface area (Å²) in [5.41, 5.74) is 5.32. The SMILES string of the molecule is CC(C)C[C@H](O)C(=O)N[C@@H](C(N)=O)[C@@H]1CCCC(=O)C1. The van der Waals surface area contributed by atoms with Crippen molar-refractivity contribution in [1.29, 1.82) is 0 Å². The van der Waals surface area contributed by atoms with Gasteiger partial charge in [-0.25, -0.2) is 0 Å². The molecular formula is C14H24N2O4. The molecule has 6 heteroatoms. The summed E-state index contributed by atoms with van der Waals surface area (Å²) in [5.74, 6) is -1.26. The summed E-state index contributed by atoms with van der Waals surface area (Å²) in [5, 5.41) is 12.2. The highest BCUT2D eigenvalue weighted by Crippen LogP contribution is 2.24.